The zero-order valence-corrected chi connectivity index (χ0v) is 8.88. The SMILES string of the molecule is CCC(C(C)C)C1C2CC(C)C21. The van der Waals surface area contributed by atoms with Crippen molar-refractivity contribution < 1.29 is 0 Å². The van der Waals surface area contributed by atoms with Crippen LogP contribution in [0.3, 0.4) is 0 Å². The monoisotopic (exact) mass is 166 g/mol. The lowest BCUT2D eigenvalue weighted by Crippen LogP contribution is -2.11. The van der Waals surface area contributed by atoms with Gasteiger partial charge in [0.15, 0.2) is 0 Å². The molecule has 0 spiro atoms. The summed E-state index contributed by atoms with van der Waals surface area (Å²) in [4.78, 5) is 0. The Hall–Kier alpha value is 0. The zero-order valence-electron chi connectivity index (χ0n) is 8.88. The summed E-state index contributed by atoms with van der Waals surface area (Å²) in [6.45, 7) is 9.61. The third-order valence-electron chi connectivity index (χ3n) is 4.42. The van der Waals surface area contributed by atoms with E-state index in [1.807, 2.05) is 0 Å². The van der Waals surface area contributed by atoms with E-state index in [1.165, 1.54) is 6.42 Å². The predicted molar refractivity (Wildman–Crippen MR) is 52.9 cm³/mol. The first-order valence-electron chi connectivity index (χ1n) is 5.66. The van der Waals surface area contributed by atoms with Crippen molar-refractivity contribution in [2.45, 2.75) is 40.5 Å². The largest absolute Gasteiger partial charge is 0.0651 e. The summed E-state index contributed by atoms with van der Waals surface area (Å²) >= 11 is 0. The summed E-state index contributed by atoms with van der Waals surface area (Å²) in [7, 11) is 0. The molecule has 0 aliphatic heterocycles. The van der Waals surface area contributed by atoms with Crippen LogP contribution in [0.4, 0.5) is 0 Å². The summed E-state index contributed by atoms with van der Waals surface area (Å²) in [5.41, 5.74) is 0. The van der Waals surface area contributed by atoms with Crippen molar-refractivity contribution in [1.29, 1.82) is 0 Å². The molecule has 0 saturated heterocycles. The summed E-state index contributed by atoms with van der Waals surface area (Å²) < 4.78 is 0. The normalized spacial score (nSPS) is 46.8. The van der Waals surface area contributed by atoms with Crippen molar-refractivity contribution in [3.8, 4) is 0 Å². The minimum atomic E-state index is 0.915. The molecule has 70 valence electrons. The van der Waals surface area contributed by atoms with Gasteiger partial charge in [0.2, 0.25) is 0 Å². The number of rotatable bonds is 3. The molecule has 0 bridgehead atoms. The zero-order chi connectivity index (χ0) is 8.88. The molecule has 0 heterocycles. The lowest BCUT2D eigenvalue weighted by atomic mass is 9.86. The fraction of sp³-hybridized carbons (Fsp3) is 1.00. The Balaban J connectivity index is 1.93. The number of hydrogen-bond acceptors (Lipinski definition) is 0. The van der Waals surface area contributed by atoms with E-state index < -0.39 is 0 Å². The predicted octanol–water partition coefficient (Wildman–Crippen LogP) is 3.57. The highest BCUT2D eigenvalue weighted by Gasteiger charge is 2.62. The van der Waals surface area contributed by atoms with Gasteiger partial charge >= 0.3 is 0 Å². The van der Waals surface area contributed by atoms with Crippen LogP contribution in [0.15, 0.2) is 0 Å². The Morgan fingerprint density at radius 3 is 2.25 bits per heavy atom. The van der Waals surface area contributed by atoms with Crippen LogP contribution >= 0.6 is 0 Å². The average molecular weight is 166 g/mol. The Morgan fingerprint density at radius 1 is 1.33 bits per heavy atom. The molecular weight excluding hydrogens is 144 g/mol. The van der Waals surface area contributed by atoms with E-state index in [-0.39, 0.29) is 0 Å². The third kappa shape index (κ3) is 1.03. The van der Waals surface area contributed by atoms with Gasteiger partial charge in [-0.2, -0.15) is 0 Å². The fourth-order valence-corrected chi connectivity index (χ4v) is 3.73. The molecule has 2 fully saturated rings. The van der Waals surface area contributed by atoms with Crippen LogP contribution in [0, 0.1) is 35.5 Å². The van der Waals surface area contributed by atoms with E-state index in [0.717, 1.165) is 35.5 Å². The Bertz CT molecular complexity index is 171. The second-order valence-corrected chi connectivity index (χ2v) is 5.35. The molecule has 5 atom stereocenters. The molecule has 2 aliphatic carbocycles. The van der Waals surface area contributed by atoms with Gasteiger partial charge in [0.05, 0.1) is 0 Å². The molecule has 0 aromatic heterocycles. The highest BCUT2D eigenvalue weighted by atomic mass is 14.7. The van der Waals surface area contributed by atoms with Crippen LogP contribution in [0.5, 0.6) is 0 Å². The lowest BCUT2D eigenvalue weighted by molar-refractivity contribution is 0.302. The average Bonchev–Trinajstić information content (AvgIpc) is 2.56. The molecule has 0 nitrogen and oxygen atoms in total. The maximum absolute atomic E-state index is 2.44. The molecule has 0 N–H and O–H groups in total. The summed E-state index contributed by atoms with van der Waals surface area (Å²) in [6, 6.07) is 0. The first-order chi connectivity index (χ1) is 5.66. The van der Waals surface area contributed by atoms with Crippen LogP contribution in [-0.2, 0) is 0 Å². The highest BCUT2D eigenvalue weighted by molar-refractivity contribution is 5.10. The number of hydrogen-bond donors (Lipinski definition) is 0. The molecule has 2 saturated carbocycles. The van der Waals surface area contributed by atoms with E-state index in [9.17, 15) is 0 Å². The standard InChI is InChI=1S/C12H22/c1-5-9(7(2)3)12-10-6-8(4)11(10)12/h7-12H,5-6H2,1-4H3. The van der Waals surface area contributed by atoms with Crippen molar-refractivity contribution in [1.82, 2.24) is 0 Å². The van der Waals surface area contributed by atoms with Gasteiger partial charge in [0, 0.05) is 0 Å². The highest BCUT2D eigenvalue weighted by Crippen LogP contribution is 2.68. The van der Waals surface area contributed by atoms with Gasteiger partial charge in [0.25, 0.3) is 0 Å². The summed E-state index contributed by atoms with van der Waals surface area (Å²) in [5, 5.41) is 0. The van der Waals surface area contributed by atoms with E-state index >= 15 is 0 Å². The van der Waals surface area contributed by atoms with Gasteiger partial charge in [-0.25, -0.2) is 0 Å². The minimum absolute atomic E-state index is 0.915. The summed E-state index contributed by atoms with van der Waals surface area (Å²) in [6.07, 6.45) is 2.95. The van der Waals surface area contributed by atoms with Gasteiger partial charge in [-0.05, 0) is 41.9 Å². The molecule has 0 radical (unpaired) electrons. The van der Waals surface area contributed by atoms with Crippen molar-refractivity contribution in [3.63, 3.8) is 0 Å². The molecule has 0 aromatic carbocycles. The molecule has 5 unspecified atom stereocenters. The molecular formula is C12H22. The Morgan fingerprint density at radius 2 is 2.00 bits per heavy atom. The molecule has 2 rings (SSSR count). The molecule has 0 amide bonds. The van der Waals surface area contributed by atoms with Gasteiger partial charge in [-0.1, -0.05) is 34.1 Å². The molecule has 0 aromatic rings. The van der Waals surface area contributed by atoms with Gasteiger partial charge in [-0.3, -0.25) is 0 Å². The van der Waals surface area contributed by atoms with E-state index in [4.69, 9.17) is 0 Å². The van der Waals surface area contributed by atoms with Crippen LogP contribution < -0.4 is 0 Å². The maximum Gasteiger partial charge on any atom is -0.0318 e. The minimum Gasteiger partial charge on any atom is -0.0651 e. The van der Waals surface area contributed by atoms with Crippen molar-refractivity contribution in [2.24, 2.45) is 35.5 Å². The Kier molecular flexibility index (Phi) is 1.97. The lowest BCUT2D eigenvalue weighted by Gasteiger charge is -2.19. The smallest absolute Gasteiger partial charge is 0.0318 e. The van der Waals surface area contributed by atoms with Crippen LogP contribution in [0.25, 0.3) is 0 Å². The van der Waals surface area contributed by atoms with Gasteiger partial charge in [0.1, 0.15) is 0 Å². The topological polar surface area (TPSA) is 0 Å². The third-order valence-corrected chi connectivity index (χ3v) is 4.42. The first-order valence-corrected chi connectivity index (χ1v) is 5.66. The maximum atomic E-state index is 2.44. The van der Waals surface area contributed by atoms with E-state index in [1.54, 1.807) is 6.42 Å². The van der Waals surface area contributed by atoms with Crippen LogP contribution in [-0.4, -0.2) is 0 Å². The quantitative estimate of drug-likeness (QED) is 0.601. The van der Waals surface area contributed by atoms with E-state index in [2.05, 4.69) is 27.7 Å². The van der Waals surface area contributed by atoms with Gasteiger partial charge < -0.3 is 0 Å². The van der Waals surface area contributed by atoms with Crippen molar-refractivity contribution in [3.05, 3.63) is 0 Å². The Labute approximate surface area is 76.7 Å². The van der Waals surface area contributed by atoms with Gasteiger partial charge in [-0.15, -0.1) is 0 Å². The van der Waals surface area contributed by atoms with Crippen LogP contribution in [0.2, 0.25) is 0 Å². The second kappa shape index (κ2) is 2.75. The van der Waals surface area contributed by atoms with Crippen LogP contribution in [0.1, 0.15) is 40.5 Å². The van der Waals surface area contributed by atoms with Crippen molar-refractivity contribution in [2.75, 3.05) is 0 Å². The molecule has 0 heteroatoms. The molecule has 2 aliphatic rings. The van der Waals surface area contributed by atoms with Crippen molar-refractivity contribution >= 4 is 0 Å². The molecule has 12 heavy (non-hydrogen) atoms. The number of fused-ring (bicyclic) bond motifs is 1. The second-order valence-electron chi connectivity index (χ2n) is 5.35. The van der Waals surface area contributed by atoms with E-state index in [0.29, 0.717) is 0 Å². The fourth-order valence-electron chi connectivity index (χ4n) is 3.73. The first kappa shape index (κ1) is 8.59. The summed E-state index contributed by atoms with van der Waals surface area (Å²) in [5.74, 6) is 6.45.